The number of hydrogen-bond donors (Lipinski definition) is 1. The fraction of sp³-hybridized carbons (Fsp3) is 0.346. The number of nitrogens with zero attached hydrogens (tertiary/aromatic N) is 5. The van der Waals surface area contributed by atoms with Crippen LogP contribution in [0.4, 0.5) is 4.39 Å². The maximum absolute atomic E-state index is 13.4. The van der Waals surface area contributed by atoms with Crippen LogP contribution in [0.15, 0.2) is 50.9 Å². The monoisotopic (exact) mass is 555 g/mol. The molecule has 0 radical (unpaired) electrons. The average Bonchev–Trinajstić information content (AvgIpc) is 2.82. The molecule has 0 unspecified atom stereocenters. The van der Waals surface area contributed by atoms with Crippen molar-refractivity contribution in [3.8, 4) is 5.75 Å². The van der Waals surface area contributed by atoms with E-state index in [9.17, 15) is 14.3 Å². The summed E-state index contributed by atoms with van der Waals surface area (Å²) in [5.41, 5.74) is 2.42. The predicted octanol–water partition coefficient (Wildman–Crippen LogP) is 4.34. The lowest BCUT2D eigenvalue weighted by Crippen LogP contribution is -2.29. The van der Waals surface area contributed by atoms with E-state index in [4.69, 9.17) is 4.74 Å². The van der Waals surface area contributed by atoms with Crippen LogP contribution < -0.4 is 10.3 Å². The molecule has 1 N–H and O–H groups in total. The first-order valence-electron chi connectivity index (χ1n) is 11.4. The van der Waals surface area contributed by atoms with Gasteiger partial charge < -0.3 is 9.84 Å². The minimum atomic E-state index is -1.19. The Balaban J connectivity index is 1.68. The van der Waals surface area contributed by atoms with Crippen LogP contribution >= 0.6 is 15.9 Å². The quantitative estimate of drug-likeness (QED) is 0.485. The van der Waals surface area contributed by atoms with Crippen LogP contribution in [0.25, 0.3) is 5.70 Å². The average molecular weight is 556 g/mol. The second-order valence-electron chi connectivity index (χ2n) is 9.33. The molecule has 8 nitrogen and oxygen atoms in total. The molecule has 4 rings (SSSR count). The van der Waals surface area contributed by atoms with E-state index in [-0.39, 0.29) is 22.6 Å². The Kier molecular flexibility index (Phi) is 7.19. The summed E-state index contributed by atoms with van der Waals surface area (Å²) in [7, 11) is 0. The van der Waals surface area contributed by atoms with Gasteiger partial charge in [-0.2, -0.15) is 0 Å². The lowest BCUT2D eigenvalue weighted by Gasteiger charge is -2.24. The van der Waals surface area contributed by atoms with E-state index in [2.05, 4.69) is 35.9 Å². The number of halogens is 2. The standard InChI is InChI=1S/C26H27BrFN5O3/c1-14-8-17(28)12-31-20(14)13-36-22-9-16(3)33(24(34)23(22)27)21-10-19(30-11-15(21)2)18-6-7-29-25(32-18)26(4,5)35/h6-10,12,15,35H,11,13H2,1-5H3/t15-/m1/s1. The summed E-state index contributed by atoms with van der Waals surface area (Å²) in [5.74, 6) is 0.236. The zero-order valence-corrected chi connectivity index (χ0v) is 22.3. The van der Waals surface area contributed by atoms with Gasteiger partial charge in [-0.25, -0.2) is 14.4 Å². The van der Waals surface area contributed by atoms with Crippen LogP contribution in [-0.4, -0.2) is 36.9 Å². The van der Waals surface area contributed by atoms with Gasteiger partial charge in [-0.05, 0) is 67.4 Å². The molecule has 0 saturated heterocycles. The Bertz CT molecular complexity index is 1440. The van der Waals surface area contributed by atoms with Crippen molar-refractivity contribution in [3.05, 3.63) is 85.8 Å². The largest absolute Gasteiger partial charge is 0.486 e. The number of ether oxygens (including phenoxy) is 1. The highest BCUT2D eigenvalue weighted by molar-refractivity contribution is 9.10. The molecule has 36 heavy (non-hydrogen) atoms. The van der Waals surface area contributed by atoms with Crippen LogP contribution in [0.5, 0.6) is 5.75 Å². The highest BCUT2D eigenvalue weighted by atomic mass is 79.9. The van der Waals surface area contributed by atoms with Crippen LogP contribution in [-0.2, 0) is 12.2 Å². The predicted molar refractivity (Wildman–Crippen MR) is 139 cm³/mol. The molecule has 0 saturated carbocycles. The second-order valence-corrected chi connectivity index (χ2v) is 10.1. The molecule has 0 aliphatic carbocycles. The number of aliphatic hydroxyl groups is 1. The first-order valence-corrected chi connectivity index (χ1v) is 12.2. The summed E-state index contributed by atoms with van der Waals surface area (Å²) in [4.78, 5) is 30.8. The second kappa shape index (κ2) is 10.0. The molecule has 0 bridgehead atoms. The Morgan fingerprint density at radius 3 is 2.72 bits per heavy atom. The first-order chi connectivity index (χ1) is 17.0. The number of dihydropyridines is 1. The summed E-state index contributed by atoms with van der Waals surface area (Å²) >= 11 is 3.40. The van der Waals surface area contributed by atoms with Crippen molar-refractivity contribution in [2.24, 2.45) is 10.9 Å². The topological polar surface area (TPSA) is 102 Å². The van der Waals surface area contributed by atoms with Crippen LogP contribution in [0.2, 0.25) is 0 Å². The number of aromatic nitrogens is 4. The van der Waals surface area contributed by atoms with E-state index in [1.807, 2.05) is 19.9 Å². The molecule has 188 valence electrons. The molecular formula is C26H27BrFN5O3. The zero-order chi connectivity index (χ0) is 26.2. The Labute approximate surface area is 216 Å². The number of pyridine rings is 2. The van der Waals surface area contributed by atoms with E-state index in [1.165, 1.54) is 6.07 Å². The molecule has 1 atom stereocenters. The van der Waals surface area contributed by atoms with Crippen molar-refractivity contribution in [2.75, 3.05) is 6.54 Å². The van der Waals surface area contributed by atoms with Gasteiger partial charge in [0.05, 0.1) is 23.3 Å². The molecule has 0 amide bonds. The van der Waals surface area contributed by atoms with Gasteiger partial charge in [-0.3, -0.25) is 19.3 Å². The normalized spacial score (nSPS) is 15.9. The molecule has 3 aromatic rings. The molecule has 3 aromatic heterocycles. The fourth-order valence-corrected chi connectivity index (χ4v) is 4.27. The molecule has 0 spiro atoms. The van der Waals surface area contributed by atoms with Crippen molar-refractivity contribution in [1.82, 2.24) is 19.5 Å². The highest BCUT2D eigenvalue weighted by Crippen LogP contribution is 2.29. The number of hydrogen-bond acceptors (Lipinski definition) is 7. The lowest BCUT2D eigenvalue weighted by molar-refractivity contribution is 0.0686. The van der Waals surface area contributed by atoms with Gasteiger partial charge in [0, 0.05) is 36.1 Å². The number of aliphatic imine (C=N–C) groups is 1. The molecular weight excluding hydrogens is 529 g/mol. The molecule has 0 aromatic carbocycles. The molecule has 1 aliphatic heterocycles. The summed E-state index contributed by atoms with van der Waals surface area (Å²) in [6.07, 6.45) is 4.57. The van der Waals surface area contributed by atoms with Gasteiger partial charge in [-0.15, -0.1) is 0 Å². The molecule has 0 fully saturated rings. The van der Waals surface area contributed by atoms with Crippen LogP contribution in [0.3, 0.4) is 0 Å². The first kappa shape index (κ1) is 25.8. The Morgan fingerprint density at radius 2 is 2.03 bits per heavy atom. The Morgan fingerprint density at radius 1 is 1.28 bits per heavy atom. The van der Waals surface area contributed by atoms with Crippen molar-refractivity contribution >= 4 is 27.3 Å². The Hall–Kier alpha value is -3.24. The maximum atomic E-state index is 13.4. The van der Waals surface area contributed by atoms with Crippen molar-refractivity contribution in [3.63, 3.8) is 0 Å². The van der Waals surface area contributed by atoms with E-state index < -0.39 is 11.4 Å². The SMILES string of the molecule is Cc1cc(F)cnc1COc1cc(C)n(C2=CC(c3ccnc(C(C)(C)O)n3)=NC[C@H]2C)c(=O)c1Br. The van der Waals surface area contributed by atoms with E-state index >= 15 is 0 Å². The number of aryl methyl sites for hydroxylation is 2. The summed E-state index contributed by atoms with van der Waals surface area (Å²) < 4.78 is 21.1. The zero-order valence-electron chi connectivity index (χ0n) is 20.7. The van der Waals surface area contributed by atoms with E-state index in [1.54, 1.807) is 43.7 Å². The lowest BCUT2D eigenvalue weighted by atomic mass is 10.0. The summed E-state index contributed by atoms with van der Waals surface area (Å²) in [6, 6.07) is 4.90. The minimum absolute atomic E-state index is 0.0227. The van der Waals surface area contributed by atoms with Gasteiger partial charge in [0.2, 0.25) is 0 Å². The third-order valence-electron chi connectivity index (χ3n) is 5.87. The third kappa shape index (κ3) is 5.29. The third-order valence-corrected chi connectivity index (χ3v) is 6.60. The minimum Gasteiger partial charge on any atom is -0.486 e. The van der Waals surface area contributed by atoms with E-state index in [0.29, 0.717) is 46.5 Å². The smallest absolute Gasteiger partial charge is 0.273 e. The van der Waals surface area contributed by atoms with Crippen molar-refractivity contribution in [2.45, 2.75) is 46.8 Å². The molecule has 10 heteroatoms. The van der Waals surface area contributed by atoms with Gasteiger partial charge in [0.1, 0.15) is 28.2 Å². The number of rotatable bonds is 6. The van der Waals surface area contributed by atoms with E-state index in [0.717, 1.165) is 11.9 Å². The molecule has 1 aliphatic rings. The van der Waals surface area contributed by atoms with Gasteiger partial charge in [0.15, 0.2) is 5.82 Å². The van der Waals surface area contributed by atoms with Gasteiger partial charge in [0.25, 0.3) is 5.56 Å². The summed E-state index contributed by atoms with van der Waals surface area (Å²) in [5, 5.41) is 10.3. The molecule has 4 heterocycles. The maximum Gasteiger partial charge on any atom is 0.273 e. The van der Waals surface area contributed by atoms with Crippen molar-refractivity contribution < 1.29 is 14.2 Å². The van der Waals surface area contributed by atoms with Crippen molar-refractivity contribution in [1.29, 1.82) is 0 Å². The van der Waals surface area contributed by atoms with Gasteiger partial charge >= 0.3 is 0 Å². The summed E-state index contributed by atoms with van der Waals surface area (Å²) in [6.45, 7) is 9.40. The van der Waals surface area contributed by atoms with Crippen LogP contribution in [0.1, 0.15) is 49.2 Å². The fourth-order valence-electron chi connectivity index (χ4n) is 3.87. The number of allylic oxidation sites excluding steroid dienone is 1. The van der Waals surface area contributed by atoms with Gasteiger partial charge in [-0.1, -0.05) is 6.92 Å². The highest BCUT2D eigenvalue weighted by Gasteiger charge is 2.25. The van der Waals surface area contributed by atoms with Crippen LogP contribution in [0, 0.1) is 25.6 Å².